The lowest BCUT2D eigenvalue weighted by atomic mass is 10.0. The number of carbonyl (C=O) groups excluding carboxylic acids is 2. The monoisotopic (exact) mass is 1120 g/mol. The van der Waals surface area contributed by atoms with Gasteiger partial charge in [0.05, 0.1) is 34.4 Å². The molecule has 0 bridgehead atoms. The van der Waals surface area contributed by atoms with Crippen LogP contribution < -0.4 is 0 Å². The van der Waals surface area contributed by atoms with Gasteiger partial charge in [-0.05, 0) is 122 Å². The number of allylic oxidation sites excluding steroid dienone is 26. The number of likely N-dealkylation sites (N-methyl/N-ethyl adjacent to an activating group) is 1. The highest BCUT2D eigenvalue weighted by Crippen LogP contribution is 2.15. The Morgan fingerprint density at radius 2 is 0.667 bits per heavy atom. The first-order chi connectivity index (χ1) is 39.6. The van der Waals surface area contributed by atoms with Gasteiger partial charge in [0.1, 0.15) is 13.2 Å². The van der Waals surface area contributed by atoms with Crippen LogP contribution in [-0.4, -0.2) is 87.4 Å². The Balaban J connectivity index is 4.29. The first-order valence-electron chi connectivity index (χ1n) is 31.6. The standard InChI is InChI=1S/C72H115NO8/c1-6-8-10-12-14-16-18-20-22-24-26-28-30-32-33-34-35-36-37-39-40-42-44-46-48-50-52-54-56-58-60-62-69(74)79-66-68(67-80-72(71(76)77)78-65-64-73(3,4)5)81-70(75)63-61-59-57-55-53-51-49-47-45-43-41-38-31-29-27-25-23-21-19-17-15-13-11-9-7-2/h8-11,14-17,20-23,26-29,32-33,35-36,38,41,45,47,51,53,68,72H,6-7,12-13,18-19,24-25,30-31,34,37,39-40,42-44,46,48-50,52,54-67H2,1-5H3/p+1/b10-8-,11-9-,16-14-,17-15-,22-20-,23-21-,28-26-,29-27-,33-32-,36-35-,41-38-,47-45-,53-51-. The number of carbonyl (C=O) groups is 3. The van der Waals surface area contributed by atoms with Crippen molar-refractivity contribution < 1.29 is 42.9 Å². The van der Waals surface area contributed by atoms with E-state index in [0.29, 0.717) is 17.4 Å². The molecule has 2 unspecified atom stereocenters. The molecule has 0 aromatic carbocycles. The van der Waals surface area contributed by atoms with Crippen LogP contribution in [-0.2, 0) is 33.3 Å². The molecule has 0 saturated heterocycles. The summed E-state index contributed by atoms with van der Waals surface area (Å²) in [6.07, 6.45) is 87.6. The second kappa shape index (κ2) is 61.0. The summed E-state index contributed by atoms with van der Waals surface area (Å²) in [6, 6.07) is 0. The third-order valence-corrected chi connectivity index (χ3v) is 12.8. The lowest BCUT2D eigenvalue weighted by Crippen LogP contribution is -2.40. The lowest BCUT2D eigenvalue weighted by Gasteiger charge is -2.25. The summed E-state index contributed by atoms with van der Waals surface area (Å²) < 4.78 is 22.9. The zero-order valence-electron chi connectivity index (χ0n) is 51.9. The Labute approximate surface area is 495 Å². The van der Waals surface area contributed by atoms with E-state index >= 15 is 0 Å². The molecule has 0 spiro atoms. The molecular weight excluding hydrogens is 1010 g/mol. The quantitative estimate of drug-likeness (QED) is 0.0211. The number of hydrogen-bond acceptors (Lipinski definition) is 7. The second-order valence-electron chi connectivity index (χ2n) is 21.6. The van der Waals surface area contributed by atoms with E-state index < -0.39 is 24.3 Å². The molecule has 0 aromatic heterocycles. The third kappa shape index (κ3) is 62.4. The van der Waals surface area contributed by atoms with Crippen molar-refractivity contribution in [3.8, 4) is 0 Å². The lowest BCUT2D eigenvalue weighted by molar-refractivity contribution is -0.870. The number of carboxylic acid groups (broad SMARTS) is 1. The molecule has 0 aliphatic rings. The van der Waals surface area contributed by atoms with Crippen LogP contribution in [0.3, 0.4) is 0 Å². The smallest absolute Gasteiger partial charge is 0.361 e. The van der Waals surface area contributed by atoms with Gasteiger partial charge in [0.25, 0.3) is 6.29 Å². The van der Waals surface area contributed by atoms with Crippen LogP contribution in [0.2, 0.25) is 0 Å². The van der Waals surface area contributed by atoms with Crippen molar-refractivity contribution in [3.63, 3.8) is 0 Å². The van der Waals surface area contributed by atoms with Crippen molar-refractivity contribution in [1.82, 2.24) is 0 Å². The van der Waals surface area contributed by atoms with Crippen LogP contribution in [0.15, 0.2) is 158 Å². The van der Waals surface area contributed by atoms with Crippen LogP contribution >= 0.6 is 0 Å². The van der Waals surface area contributed by atoms with Crippen LogP contribution in [0.25, 0.3) is 0 Å². The predicted molar refractivity (Wildman–Crippen MR) is 345 cm³/mol. The molecule has 0 aliphatic carbocycles. The van der Waals surface area contributed by atoms with Gasteiger partial charge in [-0.3, -0.25) is 9.59 Å². The minimum Gasteiger partial charge on any atom is -0.477 e. The zero-order valence-corrected chi connectivity index (χ0v) is 51.9. The number of quaternary nitrogens is 1. The molecule has 9 nitrogen and oxygen atoms in total. The molecule has 0 heterocycles. The van der Waals surface area contributed by atoms with Crippen LogP contribution in [0, 0.1) is 0 Å². The Hall–Kier alpha value is -5.09. The number of ether oxygens (including phenoxy) is 4. The fourth-order valence-electron chi connectivity index (χ4n) is 8.00. The SMILES string of the molecule is CC/C=C\C/C=C\C/C=C\C/C=C\C/C=C\C/C=C\C/C=C\CCCCCC(=O)OC(COC(=O)CCCCCCCCCCCCCC/C=C\C/C=C\C/C=C\C/C=C\C/C=C\C/C=C\CC)COC(OCC[N+](C)(C)C)C(=O)O. The van der Waals surface area contributed by atoms with Gasteiger partial charge >= 0.3 is 17.9 Å². The second-order valence-corrected chi connectivity index (χ2v) is 21.6. The van der Waals surface area contributed by atoms with Crippen molar-refractivity contribution in [1.29, 1.82) is 0 Å². The molecule has 1 N–H and O–H groups in total. The first-order valence-corrected chi connectivity index (χ1v) is 31.6. The van der Waals surface area contributed by atoms with Gasteiger partial charge in [0.2, 0.25) is 0 Å². The van der Waals surface area contributed by atoms with E-state index in [2.05, 4.69) is 172 Å². The number of hydrogen-bond donors (Lipinski definition) is 1. The van der Waals surface area contributed by atoms with Crippen molar-refractivity contribution in [2.24, 2.45) is 0 Å². The summed E-state index contributed by atoms with van der Waals surface area (Å²) in [5.74, 6) is -2.07. The highest BCUT2D eigenvalue weighted by molar-refractivity contribution is 5.71. The minimum absolute atomic E-state index is 0.172. The Morgan fingerprint density at radius 3 is 1.00 bits per heavy atom. The fraction of sp³-hybridized carbons (Fsp3) is 0.597. The molecule has 0 aliphatic heterocycles. The summed E-state index contributed by atoms with van der Waals surface area (Å²) in [7, 11) is 5.95. The van der Waals surface area contributed by atoms with Crippen molar-refractivity contribution in [2.75, 3.05) is 47.5 Å². The summed E-state index contributed by atoms with van der Waals surface area (Å²) in [6.45, 7) is 4.59. The van der Waals surface area contributed by atoms with E-state index in [1.165, 1.54) is 64.2 Å². The van der Waals surface area contributed by atoms with Crippen molar-refractivity contribution >= 4 is 17.9 Å². The van der Waals surface area contributed by atoms with E-state index in [4.69, 9.17) is 18.9 Å². The van der Waals surface area contributed by atoms with Crippen LogP contribution in [0.5, 0.6) is 0 Å². The Kier molecular flexibility index (Phi) is 57.2. The van der Waals surface area contributed by atoms with E-state index in [9.17, 15) is 19.5 Å². The molecule has 0 amide bonds. The average Bonchev–Trinajstić information content (AvgIpc) is 3.44. The molecule has 456 valence electrons. The van der Waals surface area contributed by atoms with E-state index in [1.807, 2.05) is 21.1 Å². The van der Waals surface area contributed by atoms with Crippen molar-refractivity contribution in [3.05, 3.63) is 158 Å². The van der Waals surface area contributed by atoms with Gasteiger partial charge in [0.15, 0.2) is 6.10 Å². The van der Waals surface area contributed by atoms with Gasteiger partial charge in [-0.25, -0.2) is 4.79 Å². The van der Waals surface area contributed by atoms with Gasteiger partial charge in [0, 0.05) is 12.8 Å². The molecule has 2 atom stereocenters. The third-order valence-electron chi connectivity index (χ3n) is 12.8. The van der Waals surface area contributed by atoms with E-state index in [1.54, 1.807) is 0 Å². The maximum Gasteiger partial charge on any atom is 0.361 e. The highest BCUT2D eigenvalue weighted by Gasteiger charge is 2.25. The Morgan fingerprint density at radius 1 is 0.370 bits per heavy atom. The molecule has 0 fully saturated rings. The number of carboxylic acids is 1. The van der Waals surface area contributed by atoms with Crippen molar-refractivity contribution in [2.45, 2.75) is 232 Å². The molecule has 0 saturated carbocycles. The molecule has 0 rings (SSSR count). The van der Waals surface area contributed by atoms with Crippen LogP contribution in [0.1, 0.15) is 219 Å². The molecule has 81 heavy (non-hydrogen) atoms. The predicted octanol–water partition coefficient (Wildman–Crippen LogP) is 19.3. The number of esters is 2. The zero-order chi connectivity index (χ0) is 59.1. The number of unbranched alkanes of at least 4 members (excludes halogenated alkanes) is 15. The number of rotatable bonds is 56. The molecule has 9 heteroatoms. The fourth-order valence-corrected chi connectivity index (χ4v) is 8.00. The van der Waals surface area contributed by atoms with Crippen LogP contribution in [0.4, 0.5) is 0 Å². The average molecular weight is 1120 g/mol. The van der Waals surface area contributed by atoms with E-state index in [-0.39, 0.29) is 38.6 Å². The molecule has 0 aromatic rings. The number of nitrogens with zero attached hydrogens (tertiary/aromatic N) is 1. The van der Waals surface area contributed by atoms with Gasteiger partial charge in [-0.1, -0.05) is 242 Å². The first kappa shape index (κ1) is 75.9. The summed E-state index contributed by atoms with van der Waals surface area (Å²) in [4.78, 5) is 37.5. The highest BCUT2D eigenvalue weighted by atomic mass is 16.7. The summed E-state index contributed by atoms with van der Waals surface area (Å²) >= 11 is 0. The Bertz CT molecular complexity index is 1880. The summed E-state index contributed by atoms with van der Waals surface area (Å²) in [5, 5.41) is 9.72. The molecule has 0 radical (unpaired) electrons. The summed E-state index contributed by atoms with van der Waals surface area (Å²) in [5.41, 5.74) is 0. The normalized spacial score (nSPS) is 13.8. The van der Waals surface area contributed by atoms with Gasteiger partial charge in [-0.2, -0.15) is 0 Å². The maximum absolute atomic E-state index is 12.9. The van der Waals surface area contributed by atoms with E-state index in [0.717, 1.165) is 122 Å². The van der Waals surface area contributed by atoms with Gasteiger partial charge < -0.3 is 28.5 Å². The topological polar surface area (TPSA) is 108 Å². The number of aliphatic carboxylic acids is 1. The molecular formula is C72H116NO8+. The largest absolute Gasteiger partial charge is 0.477 e. The minimum atomic E-state index is -1.53. The maximum atomic E-state index is 12.9. The van der Waals surface area contributed by atoms with Gasteiger partial charge in [-0.15, -0.1) is 0 Å².